The van der Waals surface area contributed by atoms with E-state index < -0.39 is 0 Å². The Hall–Kier alpha value is -1.68. The minimum Gasteiger partial charge on any atom is -0.312 e. The normalized spacial score (nSPS) is 14.7. The van der Waals surface area contributed by atoms with Gasteiger partial charge < -0.3 is 5.32 Å². The molecule has 0 saturated heterocycles. The molecule has 1 aliphatic heterocycles. The van der Waals surface area contributed by atoms with Crippen LogP contribution in [0.2, 0.25) is 0 Å². The fourth-order valence-corrected chi connectivity index (χ4v) is 2.40. The minimum absolute atomic E-state index is 0.206. The maximum atomic E-state index is 12.9. The van der Waals surface area contributed by atoms with Gasteiger partial charge in [-0.1, -0.05) is 0 Å². The van der Waals surface area contributed by atoms with Crippen molar-refractivity contribution in [3.05, 3.63) is 41.3 Å². The van der Waals surface area contributed by atoms with E-state index in [1.165, 1.54) is 17.7 Å². The second-order valence-electron chi connectivity index (χ2n) is 4.33. The molecule has 0 radical (unpaired) electrons. The predicted octanol–water partition coefficient (Wildman–Crippen LogP) is 1.87. The summed E-state index contributed by atoms with van der Waals surface area (Å²) in [6, 6.07) is 6.60. The molecule has 0 aliphatic carbocycles. The molecule has 0 unspecified atom stereocenters. The molecule has 0 fully saturated rings. The van der Waals surface area contributed by atoms with Gasteiger partial charge in [-0.25, -0.2) is 4.39 Å². The molecule has 1 aliphatic rings. The van der Waals surface area contributed by atoms with E-state index in [1.54, 1.807) is 12.1 Å². The summed E-state index contributed by atoms with van der Waals surface area (Å²) in [5, 5.41) is 7.88. The average molecular weight is 231 g/mol. The summed E-state index contributed by atoms with van der Waals surface area (Å²) in [7, 11) is 1.94. The highest BCUT2D eigenvalue weighted by atomic mass is 19.1. The topological polar surface area (TPSA) is 29.9 Å². The third-order valence-corrected chi connectivity index (χ3v) is 3.19. The van der Waals surface area contributed by atoms with Gasteiger partial charge in [0.25, 0.3) is 0 Å². The zero-order chi connectivity index (χ0) is 11.8. The molecule has 0 spiro atoms. The Balaban J connectivity index is 2.13. The molecule has 0 amide bonds. The number of aromatic nitrogens is 2. The third-order valence-electron chi connectivity index (χ3n) is 3.19. The van der Waals surface area contributed by atoms with E-state index in [2.05, 4.69) is 10.4 Å². The van der Waals surface area contributed by atoms with Crippen LogP contribution >= 0.6 is 0 Å². The average Bonchev–Trinajstić information content (AvgIpc) is 2.66. The van der Waals surface area contributed by atoms with E-state index in [-0.39, 0.29) is 5.82 Å². The first-order chi connectivity index (χ1) is 8.25. The number of nitrogens with one attached hydrogen (secondary N) is 1. The summed E-state index contributed by atoms with van der Waals surface area (Å²) in [6.45, 7) is 1.82. The van der Waals surface area contributed by atoms with Gasteiger partial charge in [0.1, 0.15) is 5.82 Å². The Kier molecular flexibility index (Phi) is 2.44. The van der Waals surface area contributed by atoms with Crippen LogP contribution in [0.25, 0.3) is 11.3 Å². The fourth-order valence-electron chi connectivity index (χ4n) is 2.40. The van der Waals surface area contributed by atoms with Crippen molar-refractivity contribution in [1.82, 2.24) is 15.1 Å². The van der Waals surface area contributed by atoms with Gasteiger partial charge in [0.15, 0.2) is 0 Å². The Morgan fingerprint density at radius 3 is 2.82 bits per heavy atom. The molecule has 2 aromatic rings. The zero-order valence-corrected chi connectivity index (χ0v) is 9.70. The Labute approximate surface area is 99.3 Å². The number of hydrogen-bond acceptors (Lipinski definition) is 2. The predicted molar refractivity (Wildman–Crippen MR) is 64.0 cm³/mol. The second-order valence-corrected chi connectivity index (χ2v) is 4.33. The van der Waals surface area contributed by atoms with Gasteiger partial charge in [0.2, 0.25) is 0 Å². The maximum absolute atomic E-state index is 12.9. The fraction of sp³-hybridized carbons (Fsp3) is 0.308. The zero-order valence-electron chi connectivity index (χ0n) is 9.70. The molecule has 17 heavy (non-hydrogen) atoms. The Bertz CT molecular complexity index is 543. The monoisotopic (exact) mass is 231 g/mol. The third kappa shape index (κ3) is 1.74. The van der Waals surface area contributed by atoms with Crippen LogP contribution in [0.4, 0.5) is 4.39 Å². The summed E-state index contributed by atoms with van der Waals surface area (Å²) in [6.07, 6.45) is 0.963. The smallest absolute Gasteiger partial charge is 0.123 e. The van der Waals surface area contributed by atoms with E-state index in [4.69, 9.17) is 0 Å². The number of hydrogen-bond donors (Lipinski definition) is 1. The summed E-state index contributed by atoms with van der Waals surface area (Å²) in [5.74, 6) is -0.206. The molecule has 4 heteroatoms. The molecule has 1 aromatic heterocycles. The first-order valence-electron chi connectivity index (χ1n) is 5.77. The lowest BCUT2D eigenvalue weighted by molar-refractivity contribution is 0.628. The highest BCUT2D eigenvalue weighted by Crippen LogP contribution is 2.27. The summed E-state index contributed by atoms with van der Waals surface area (Å²) in [5.41, 5.74) is 4.51. The number of halogens is 1. The molecule has 1 N–H and O–H groups in total. The second kappa shape index (κ2) is 3.96. The van der Waals surface area contributed by atoms with Crippen LogP contribution in [0.15, 0.2) is 24.3 Å². The van der Waals surface area contributed by atoms with Gasteiger partial charge in [0, 0.05) is 37.7 Å². The molecule has 0 atom stereocenters. The van der Waals surface area contributed by atoms with Crippen LogP contribution in [-0.2, 0) is 20.0 Å². The van der Waals surface area contributed by atoms with Crippen LogP contribution < -0.4 is 5.32 Å². The van der Waals surface area contributed by atoms with E-state index in [1.807, 2.05) is 11.7 Å². The van der Waals surface area contributed by atoms with Gasteiger partial charge >= 0.3 is 0 Å². The van der Waals surface area contributed by atoms with Crippen molar-refractivity contribution in [3.8, 4) is 11.3 Å². The number of fused-ring (bicyclic) bond motifs is 1. The van der Waals surface area contributed by atoms with Crippen molar-refractivity contribution in [1.29, 1.82) is 0 Å². The number of aryl methyl sites for hydroxylation is 1. The molecule has 0 saturated carbocycles. The van der Waals surface area contributed by atoms with Crippen LogP contribution in [0.1, 0.15) is 11.3 Å². The molecule has 88 valence electrons. The van der Waals surface area contributed by atoms with E-state index in [9.17, 15) is 4.39 Å². The van der Waals surface area contributed by atoms with Crippen molar-refractivity contribution in [2.45, 2.75) is 13.0 Å². The molecule has 0 bridgehead atoms. The van der Waals surface area contributed by atoms with Crippen molar-refractivity contribution >= 4 is 0 Å². The van der Waals surface area contributed by atoms with E-state index in [0.717, 1.165) is 36.5 Å². The largest absolute Gasteiger partial charge is 0.312 e. The first kappa shape index (κ1) is 10.5. The lowest BCUT2D eigenvalue weighted by Crippen LogP contribution is -2.23. The summed E-state index contributed by atoms with van der Waals surface area (Å²) < 4.78 is 14.8. The lowest BCUT2D eigenvalue weighted by atomic mass is 10.0. The SMILES string of the molecule is Cn1nc2c(c1-c1ccc(F)cc1)CNCC2. The van der Waals surface area contributed by atoms with Crippen molar-refractivity contribution in [2.75, 3.05) is 6.54 Å². The van der Waals surface area contributed by atoms with Gasteiger partial charge in [-0.05, 0) is 24.3 Å². The Morgan fingerprint density at radius 1 is 1.29 bits per heavy atom. The molecule has 3 nitrogen and oxygen atoms in total. The van der Waals surface area contributed by atoms with E-state index in [0.29, 0.717) is 0 Å². The maximum Gasteiger partial charge on any atom is 0.123 e. The molecule has 3 rings (SSSR count). The van der Waals surface area contributed by atoms with Crippen LogP contribution in [-0.4, -0.2) is 16.3 Å². The molecular formula is C13H14FN3. The molecular weight excluding hydrogens is 217 g/mol. The van der Waals surface area contributed by atoms with Crippen molar-refractivity contribution < 1.29 is 4.39 Å². The Morgan fingerprint density at radius 2 is 2.06 bits per heavy atom. The minimum atomic E-state index is -0.206. The summed E-state index contributed by atoms with van der Waals surface area (Å²) in [4.78, 5) is 0. The lowest BCUT2D eigenvalue weighted by Gasteiger charge is -2.13. The van der Waals surface area contributed by atoms with Crippen molar-refractivity contribution in [2.24, 2.45) is 7.05 Å². The molecule has 1 aromatic carbocycles. The van der Waals surface area contributed by atoms with E-state index >= 15 is 0 Å². The van der Waals surface area contributed by atoms with Crippen molar-refractivity contribution in [3.63, 3.8) is 0 Å². The van der Waals surface area contributed by atoms with Gasteiger partial charge in [-0.2, -0.15) is 5.10 Å². The molecule has 2 heterocycles. The first-order valence-corrected chi connectivity index (χ1v) is 5.77. The number of rotatable bonds is 1. The number of benzene rings is 1. The van der Waals surface area contributed by atoms with Gasteiger partial charge in [-0.15, -0.1) is 0 Å². The quantitative estimate of drug-likeness (QED) is 0.812. The number of nitrogens with zero attached hydrogens (tertiary/aromatic N) is 2. The van der Waals surface area contributed by atoms with Crippen LogP contribution in [0, 0.1) is 5.82 Å². The highest BCUT2D eigenvalue weighted by molar-refractivity contribution is 5.65. The van der Waals surface area contributed by atoms with Crippen LogP contribution in [0.3, 0.4) is 0 Å². The highest BCUT2D eigenvalue weighted by Gasteiger charge is 2.19. The van der Waals surface area contributed by atoms with Gasteiger partial charge in [-0.3, -0.25) is 4.68 Å². The summed E-state index contributed by atoms with van der Waals surface area (Å²) >= 11 is 0. The van der Waals surface area contributed by atoms with Gasteiger partial charge in [0.05, 0.1) is 11.4 Å². The standard InChI is InChI=1S/C13H14FN3/c1-17-13(9-2-4-10(14)5-3-9)11-8-15-7-6-12(11)16-17/h2-5,15H,6-8H2,1H3. The van der Waals surface area contributed by atoms with Crippen LogP contribution in [0.5, 0.6) is 0 Å².